The van der Waals surface area contributed by atoms with Crippen LogP contribution in [0.2, 0.25) is 5.28 Å². The van der Waals surface area contributed by atoms with Gasteiger partial charge >= 0.3 is 0 Å². The molecular weight excluding hydrogens is 504 g/mol. The summed E-state index contributed by atoms with van der Waals surface area (Å²) >= 11 is 6.30. The Morgan fingerprint density at radius 3 is 2.34 bits per heavy atom. The molecule has 4 N–H and O–H groups in total. The van der Waals surface area contributed by atoms with E-state index < -0.39 is 24.3 Å². The molecule has 0 saturated heterocycles. The molecule has 1 saturated carbocycles. The number of amides is 1. The fourth-order valence-electron chi connectivity index (χ4n) is 5.22. The van der Waals surface area contributed by atoms with Crippen LogP contribution in [0.5, 0.6) is 0 Å². The van der Waals surface area contributed by atoms with Gasteiger partial charge < -0.3 is 25.4 Å². The average Bonchev–Trinajstić information content (AvgIpc) is 3.48. The molecule has 2 heterocycles. The molecule has 2 aromatic carbocycles. The normalized spacial score (nSPS) is 21.2. The summed E-state index contributed by atoms with van der Waals surface area (Å²) in [5, 5.41) is 27.5. The first-order valence-corrected chi connectivity index (χ1v) is 13.2. The molecule has 1 unspecified atom stereocenters. The number of rotatable bonds is 9. The number of carbonyl (C=O) groups excluding carboxylic acids is 1. The molecule has 4 atom stereocenters. The van der Waals surface area contributed by atoms with Gasteiger partial charge in [-0.1, -0.05) is 67.6 Å². The number of nitrogens with zero attached hydrogens (tertiary/aromatic N) is 4. The fraction of sp³-hybridized carbons (Fsp3) is 0.357. The van der Waals surface area contributed by atoms with E-state index in [4.69, 9.17) is 11.6 Å². The number of aliphatic hydroxyl groups is 2. The predicted molar refractivity (Wildman–Crippen MR) is 146 cm³/mol. The van der Waals surface area contributed by atoms with E-state index in [2.05, 4.69) is 49.9 Å². The van der Waals surface area contributed by atoms with E-state index in [0.717, 1.165) is 6.42 Å². The summed E-state index contributed by atoms with van der Waals surface area (Å²) in [4.78, 5) is 25.1. The monoisotopic (exact) mass is 534 g/mol. The number of aliphatic hydroxyl groups excluding tert-OH is 2. The van der Waals surface area contributed by atoms with Gasteiger partial charge in [0.25, 0.3) is 0 Å². The average molecular weight is 535 g/mol. The topological polar surface area (TPSA) is 125 Å². The van der Waals surface area contributed by atoms with Crippen molar-refractivity contribution in [1.82, 2.24) is 24.8 Å². The first-order chi connectivity index (χ1) is 18.5. The molecule has 10 heteroatoms. The molecule has 0 radical (unpaired) electrons. The first-order valence-electron chi connectivity index (χ1n) is 12.9. The van der Waals surface area contributed by atoms with Crippen LogP contribution in [0.15, 0.2) is 67.0 Å². The highest BCUT2D eigenvalue weighted by atomic mass is 35.5. The van der Waals surface area contributed by atoms with Gasteiger partial charge in [-0.15, -0.1) is 0 Å². The van der Waals surface area contributed by atoms with Crippen molar-refractivity contribution < 1.29 is 15.0 Å². The third kappa shape index (κ3) is 5.36. The molecule has 2 aromatic heterocycles. The van der Waals surface area contributed by atoms with Crippen molar-refractivity contribution in [1.29, 1.82) is 0 Å². The highest BCUT2D eigenvalue weighted by molar-refractivity contribution is 6.28. The maximum atomic E-state index is 11.9. The molecule has 38 heavy (non-hydrogen) atoms. The maximum Gasteiger partial charge on any atom is 0.226 e. The van der Waals surface area contributed by atoms with Gasteiger partial charge in [0.15, 0.2) is 17.0 Å². The lowest BCUT2D eigenvalue weighted by molar-refractivity contribution is -0.122. The fourth-order valence-corrected chi connectivity index (χ4v) is 5.39. The standard InChI is InChI=1S/C28H31ClN6O3/c1-2-22(36)32-20-15-21(25(38)24(20)37)35-16-31-23-26(33-28(29)34-27(23)35)30-14-13-19(17-9-5-3-6-10-17)18-11-7-4-8-12-18/h3-12,16,19-21,24-25,37-38H,2,13-15H2,1H3,(H,32,36)(H,30,33,34)/t20-,21?,24+,25-/m0/s1. The summed E-state index contributed by atoms with van der Waals surface area (Å²) in [6.07, 6.45) is 0.810. The quantitative estimate of drug-likeness (QED) is 0.241. The van der Waals surface area contributed by atoms with E-state index in [-0.39, 0.29) is 17.1 Å². The van der Waals surface area contributed by atoms with Crippen LogP contribution in [0, 0.1) is 0 Å². The second kappa shape index (κ2) is 11.5. The van der Waals surface area contributed by atoms with Crippen molar-refractivity contribution in [2.24, 2.45) is 0 Å². The van der Waals surface area contributed by atoms with E-state index in [0.29, 0.717) is 36.4 Å². The summed E-state index contributed by atoms with van der Waals surface area (Å²) in [7, 11) is 0. The predicted octanol–water partition coefficient (Wildman–Crippen LogP) is 3.68. The highest BCUT2D eigenvalue weighted by Gasteiger charge is 2.43. The lowest BCUT2D eigenvalue weighted by atomic mass is 9.88. The Morgan fingerprint density at radius 2 is 1.71 bits per heavy atom. The summed E-state index contributed by atoms with van der Waals surface area (Å²) < 4.78 is 1.71. The Bertz CT molecular complexity index is 1340. The zero-order valence-electron chi connectivity index (χ0n) is 21.0. The van der Waals surface area contributed by atoms with E-state index >= 15 is 0 Å². The number of benzene rings is 2. The van der Waals surface area contributed by atoms with Gasteiger partial charge in [0.1, 0.15) is 12.2 Å². The number of halogens is 1. The molecule has 0 spiro atoms. The molecule has 0 aliphatic heterocycles. The van der Waals surface area contributed by atoms with Crippen LogP contribution in [0.4, 0.5) is 5.82 Å². The van der Waals surface area contributed by atoms with Crippen molar-refractivity contribution >= 4 is 34.5 Å². The van der Waals surface area contributed by atoms with Crippen LogP contribution in [0.3, 0.4) is 0 Å². The van der Waals surface area contributed by atoms with Gasteiger partial charge in [0, 0.05) is 18.9 Å². The molecule has 5 rings (SSSR count). The Kier molecular flexibility index (Phi) is 7.87. The number of aromatic nitrogens is 4. The van der Waals surface area contributed by atoms with Gasteiger partial charge in [-0.3, -0.25) is 4.79 Å². The first kappa shape index (κ1) is 26.1. The molecule has 1 amide bonds. The minimum absolute atomic E-state index is 0.0493. The zero-order valence-corrected chi connectivity index (χ0v) is 21.8. The Morgan fingerprint density at radius 1 is 1.05 bits per heavy atom. The highest BCUT2D eigenvalue weighted by Crippen LogP contribution is 2.35. The Labute approximate surface area is 225 Å². The minimum Gasteiger partial charge on any atom is -0.388 e. The number of imidazole rings is 1. The number of fused-ring (bicyclic) bond motifs is 1. The largest absolute Gasteiger partial charge is 0.388 e. The van der Waals surface area contributed by atoms with Gasteiger partial charge in [0.05, 0.1) is 18.4 Å². The molecule has 1 aliphatic rings. The molecule has 1 aliphatic carbocycles. The SMILES string of the molecule is CCC(=O)N[C@H]1CC(n2cnc3c(NCCC(c4ccccc4)c4ccccc4)nc(Cl)nc32)[C@H](O)[C@@H]1O. The van der Waals surface area contributed by atoms with Crippen LogP contribution < -0.4 is 10.6 Å². The lowest BCUT2D eigenvalue weighted by Gasteiger charge is -2.19. The third-order valence-corrected chi connectivity index (χ3v) is 7.37. The van der Waals surface area contributed by atoms with Crippen LogP contribution in [-0.2, 0) is 4.79 Å². The molecule has 4 aromatic rings. The smallest absolute Gasteiger partial charge is 0.226 e. The second-order valence-electron chi connectivity index (χ2n) is 9.57. The van der Waals surface area contributed by atoms with Gasteiger partial charge in [-0.05, 0) is 35.6 Å². The summed E-state index contributed by atoms with van der Waals surface area (Å²) in [6, 6.07) is 19.7. The summed E-state index contributed by atoms with van der Waals surface area (Å²) in [5.74, 6) is 0.515. The van der Waals surface area contributed by atoms with E-state index in [1.807, 2.05) is 36.4 Å². The second-order valence-corrected chi connectivity index (χ2v) is 9.90. The Balaban J connectivity index is 1.36. The molecule has 9 nitrogen and oxygen atoms in total. The number of anilines is 1. The zero-order chi connectivity index (χ0) is 26.6. The lowest BCUT2D eigenvalue weighted by Crippen LogP contribution is -2.42. The maximum absolute atomic E-state index is 11.9. The molecular formula is C28H31ClN6O3. The molecule has 0 bridgehead atoms. The third-order valence-electron chi connectivity index (χ3n) is 7.20. The van der Waals surface area contributed by atoms with Crippen LogP contribution >= 0.6 is 11.6 Å². The van der Waals surface area contributed by atoms with Gasteiger partial charge in [-0.2, -0.15) is 9.97 Å². The number of hydrogen-bond acceptors (Lipinski definition) is 7. The molecule has 1 fully saturated rings. The van der Waals surface area contributed by atoms with Crippen molar-refractivity contribution in [3.63, 3.8) is 0 Å². The summed E-state index contributed by atoms with van der Waals surface area (Å²) in [5.41, 5.74) is 3.44. The van der Waals surface area contributed by atoms with E-state index in [9.17, 15) is 15.0 Å². The van der Waals surface area contributed by atoms with Crippen LogP contribution in [0.1, 0.15) is 49.3 Å². The van der Waals surface area contributed by atoms with E-state index in [1.165, 1.54) is 11.1 Å². The summed E-state index contributed by atoms with van der Waals surface area (Å²) in [6.45, 7) is 2.35. The van der Waals surface area contributed by atoms with Gasteiger partial charge in [0.2, 0.25) is 11.2 Å². The van der Waals surface area contributed by atoms with Crippen molar-refractivity contribution in [3.8, 4) is 0 Å². The number of carbonyl (C=O) groups is 1. The van der Waals surface area contributed by atoms with Crippen LogP contribution in [0.25, 0.3) is 11.2 Å². The van der Waals surface area contributed by atoms with Crippen molar-refractivity contribution in [2.75, 3.05) is 11.9 Å². The minimum atomic E-state index is -1.10. The Hall–Kier alpha value is -3.53. The van der Waals surface area contributed by atoms with Gasteiger partial charge in [-0.25, -0.2) is 4.98 Å². The molecule has 198 valence electrons. The van der Waals surface area contributed by atoms with Crippen molar-refractivity contribution in [2.45, 2.75) is 56.4 Å². The van der Waals surface area contributed by atoms with Crippen LogP contribution in [-0.4, -0.2) is 60.4 Å². The van der Waals surface area contributed by atoms with Crippen molar-refractivity contribution in [3.05, 3.63) is 83.4 Å². The van der Waals surface area contributed by atoms with E-state index in [1.54, 1.807) is 17.8 Å². The number of nitrogens with one attached hydrogen (secondary N) is 2. The number of hydrogen-bond donors (Lipinski definition) is 4.